The van der Waals surface area contributed by atoms with Crippen LogP contribution < -0.4 is 16.6 Å². The van der Waals surface area contributed by atoms with Crippen molar-refractivity contribution in [3.8, 4) is 5.69 Å². The normalized spacial score (nSPS) is 10.8. The highest BCUT2D eigenvalue weighted by Gasteiger charge is 2.16. The number of anilines is 1. The SMILES string of the molecule is O=C(Cn1c(=O)n(-c2ccccc2)c(=O)c2ccccc21)Nc1ccc(Cl)cc1. The van der Waals surface area contributed by atoms with Gasteiger partial charge in [0.1, 0.15) is 6.54 Å². The van der Waals surface area contributed by atoms with Crippen molar-refractivity contribution in [1.29, 1.82) is 0 Å². The number of halogens is 1. The summed E-state index contributed by atoms with van der Waals surface area (Å²) in [5.41, 5.74) is 0.409. The van der Waals surface area contributed by atoms with Crippen molar-refractivity contribution in [3.63, 3.8) is 0 Å². The summed E-state index contributed by atoms with van der Waals surface area (Å²) in [5, 5.41) is 3.65. The van der Waals surface area contributed by atoms with Gasteiger partial charge in [-0.25, -0.2) is 9.36 Å². The molecule has 0 spiro atoms. The summed E-state index contributed by atoms with van der Waals surface area (Å²) in [6, 6.07) is 22.1. The summed E-state index contributed by atoms with van der Waals surface area (Å²) < 4.78 is 2.38. The maximum atomic E-state index is 13.2. The molecule has 1 N–H and O–H groups in total. The maximum absolute atomic E-state index is 13.2. The topological polar surface area (TPSA) is 73.1 Å². The molecule has 0 saturated heterocycles. The summed E-state index contributed by atoms with van der Waals surface area (Å²) >= 11 is 5.86. The lowest BCUT2D eigenvalue weighted by molar-refractivity contribution is -0.116. The first kappa shape index (κ1) is 18.7. The van der Waals surface area contributed by atoms with E-state index in [4.69, 9.17) is 11.6 Å². The zero-order valence-corrected chi connectivity index (χ0v) is 16.0. The Morgan fingerprint density at radius 1 is 0.862 bits per heavy atom. The molecule has 1 heterocycles. The van der Waals surface area contributed by atoms with E-state index in [2.05, 4.69) is 5.32 Å². The number of carbonyl (C=O) groups excluding carboxylic acids is 1. The van der Waals surface area contributed by atoms with Crippen LogP contribution in [0, 0.1) is 0 Å². The Kier molecular flexibility index (Phi) is 5.01. The Morgan fingerprint density at radius 3 is 2.24 bits per heavy atom. The van der Waals surface area contributed by atoms with Crippen molar-refractivity contribution in [2.75, 3.05) is 5.32 Å². The smallest absolute Gasteiger partial charge is 0.325 e. The third kappa shape index (κ3) is 3.70. The van der Waals surface area contributed by atoms with Crippen LogP contribution in [0.4, 0.5) is 5.69 Å². The molecule has 0 saturated carbocycles. The van der Waals surface area contributed by atoms with Gasteiger partial charge < -0.3 is 5.32 Å². The number of para-hydroxylation sites is 2. The van der Waals surface area contributed by atoms with Crippen LogP contribution in [0.1, 0.15) is 0 Å². The van der Waals surface area contributed by atoms with E-state index in [1.807, 2.05) is 0 Å². The van der Waals surface area contributed by atoms with Crippen LogP contribution in [0.5, 0.6) is 0 Å². The third-order valence-electron chi connectivity index (χ3n) is 4.49. The summed E-state index contributed by atoms with van der Waals surface area (Å²) in [6.45, 7) is -0.241. The first-order chi connectivity index (χ1) is 14.0. The zero-order valence-electron chi connectivity index (χ0n) is 15.2. The molecule has 1 amide bonds. The van der Waals surface area contributed by atoms with Gasteiger partial charge in [-0.2, -0.15) is 0 Å². The summed E-state index contributed by atoms with van der Waals surface area (Å²) in [5.74, 6) is -0.391. The second-order valence-electron chi connectivity index (χ2n) is 6.42. The number of nitrogens with one attached hydrogen (secondary N) is 1. The molecule has 1 aromatic heterocycles. The molecule has 6 nitrogen and oxygen atoms in total. The van der Waals surface area contributed by atoms with Gasteiger partial charge in [0.2, 0.25) is 5.91 Å². The van der Waals surface area contributed by atoms with Gasteiger partial charge in [0.25, 0.3) is 5.56 Å². The predicted molar refractivity (Wildman–Crippen MR) is 114 cm³/mol. The number of amides is 1. The lowest BCUT2D eigenvalue weighted by atomic mass is 10.2. The molecule has 7 heteroatoms. The van der Waals surface area contributed by atoms with E-state index < -0.39 is 17.2 Å². The number of hydrogen-bond acceptors (Lipinski definition) is 3. The van der Waals surface area contributed by atoms with Crippen LogP contribution in [0.3, 0.4) is 0 Å². The molecule has 0 radical (unpaired) electrons. The number of nitrogens with zero attached hydrogens (tertiary/aromatic N) is 2. The second-order valence-corrected chi connectivity index (χ2v) is 6.85. The molecule has 4 aromatic rings. The zero-order chi connectivity index (χ0) is 20.4. The van der Waals surface area contributed by atoms with Crippen LogP contribution in [0.2, 0.25) is 5.02 Å². The fourth-order valence-corrected chi connectivity index (χ4v) is 3.28. The van der Waals surface area contributed by atoms with Gasteiger partial charge in [0, 0.05) is 10.7 Å². The van der Waals surface area contributed by atoms with Crippen molar-refractivity contribution >= 4 is 34.1 Å². The Labute approximate surface area is 170 Å². The molecule has 4 rings (SSSR count). The molecule has 144 valence electrons. The number of carbonyl (C=O) groups is 1. The molecular weight excluding hydrogens is 390 g/mol. The number of fused-ring (bicyclic) bond motifs is 1. The standard InChI is InChI=1S/C22H16ClN3O3/c23-15-10-12-16(13-11-15)24-20(27)14-25-19-9-5-4-8-18(19)21(28)26(22(25)29)17-6-2-1-3-7-17/h1-13H,14H2,(H,24,27). The van der Waals surface area contributed by atoms with Gasteiger partial charge in [-0.05, 0) is 48.5 Å². The Hall–Kier alpha value is -3.64. The predicted octanol–water partition coefficient (Wildman–Crippen LogP) is 3.44. The quantitative estimate of drug-likeness (QED) is 0.565. The average molecular weight is 406 g/mol. The number of benzene rings is 3. The van der Waals surface area contributed by atoms with Crippen LogP contribution >= 0.6 is 11.6 Å². The van der Waals surface area contributed by atoms with Crippen molar-refractivity contribution in [2.45, 2.75) is 6.54 Å². The number of hydrogen-bond donors (Lipinski definition) is 1. The highest BCUT2D eigenvalue weighted by molar-refractivity contribution is 6.30. The van der Waals surface area contributed by atoms with Crippen LogP contribution in [-0.2, 0) is 11.3 Å². The number of rotatable bonds is 4. The molecular formula is C22H16ClN3O3. The third-order valence-corrected chi connectivity index (χ3v) is 4.75. The molecule has 0 aliphatic rings. The van der Waals surface area contributed by atoms with Gasteiger partial charge in [0.05, 0.1) is 16.6 Å². The van der Waals surface area contributed by atoms with Crippen LogP contribution in [-0.4, -0.2) is 15.0 Å². The molecule has 0 bridgehead atoms. The lowest BCUT2D eigenvalue weighted by Crippen LogP contribution is -2.40. The molecule has 0 fully saturated rings. The maximum Gasteiger partial charge on any atom is 0.336 e. The number of aromatic nitrogens is 2. The van der Waals surface area contributed by atoms with Crippen molar-refractivity contribution in [3.05, 3.63) is 105 Å². The van der Waals surface area contributed by atoms with Gasteiger partial charge in [-0.15, -0.1) is 0 Å². The van der Waals surface area contributed by atoms with E-state index >= 15 is 0 Å². The highest BCUT2D eigenvalue weighted by Crippen LogP contribution is 2.14. The average Bonchev–Trinajstić information content (AvgIpc) is 2.74. The molecule has 0 aliphatic heterocycles. The fraction of sp³-hybridized carbons (Fsp3) is 0.0455. The molecule has 29 heavy (non-hydrogen) atoms. The first-order valence-electron chi connectivity index (χ1n) is 8.90. The van der Waals surface area contributed by atoms with Gasteiger partial charge in [0.15, 0.2) is 0 Å². The van der Waals surface area contributed by atoms with Crippen molar-refractivity contribution in [2.24, 2.45) is 0 Å². The molecule has 3 aromatic carbocycles. The van der Waals surface area contributed by atoms with E-state index in [9.17, 15) is 14.4 Å². The molecule has 0 atom stereocenters. The van der Waals surface area contributed by atoms with Crippen LogP contribution in [0.15, 0.2) is 88.5 Å². The minimum atomic E-state index is -0.578. The minimum Gasteiger partial charge on any atom is -0.325 e. The summed E-state index contributed by atoms with van der Waals surface area (Å²) in [7, 11) is 0. The van der Waals surface area contributed by atoms with Crippen molar-refractivity contribution in [1.82, 2.24) is 9.13 Å². The van der Waals surface area contributed by atoms with Gasteiger partial charge in [-0.1, -0.05) is 41.9 Å². The summed E-state index contributed by atoms with van der Waals surface area (Å²) in [6.07, 6.45) is 0. The van der Waals surface area contributed by atoms with Crippen LogP contribution in [0.25, 0.3) is 16.6 Å². The monoisotopic (exact) mass is 405 g/mol. The Balaban J connectivity index is 1.81. The first-order valence-corrected chi connectivity index (χ1v) is 9.28. The minimum absolute atomic E-state index is 0.241. The van der Waals surface area contributed by atoms with Gasteiger partial charge in [-0.3, -0.25) is 14.2 Å². The van der Waals surface area contributed by atoms with Crippen molar-refractivity contribution < 1.29 is 4.79 Å². The largest absolute Gasteiger partial charge is 0.336 e. The van der Waals surface area contributed by atoms with E-state index in [1.54, 1.807) is 78.9 Å². The van der Waals surface area contributed by atoms with E-state index in [-0.39, 0.29) is 6.54 Å². The Bertz CT molecular complexity index is 1310. The van der Waals surface area contributed by atoms with E-state index in [1.165, 1.54) is 4.57 Å². The summed E-state index contributed by atoms with van der Waals surface area (Å²) in [4.78, 5) is 38.7. The van der Waals surface area contributed by atoms with Gasteiger partial charge >= 0.3 is 5.69 Å². The Morgan fingerprint density at radius 2 is 1.52 bits per heavy atom. The fourth-order valence-electron chi connectivity index (χ4n) is 3.16. The van der Waals surface area contributed by atoms with E-state index in [0.717, 1.165) is 4.57 Å². The lowest BCUT2D eigenvalue weighted by Gasteiger charge is -2.14. The van der Waals surface area contributed by atoms with E-state index in [0.29, 0.717) is 27.3 Å². The molecule has 0 aliphatic carbocycles. The highest BCUT2D eigenvalue weighted by atomic mass is 35.5. The molecule has 0 unspecified atom stereocenters. The second kappa shape index (κ2) is 7.77.